The molecular weight excluding hydrogens is 256 g/mol. The van der Waals surface area contributed by atoms with E-state index < -0.39 is 38.6 Å². The van der Waals surface area contributed by atoms with E-state index in [-0.39, 0.29) is 0 Å². The van der Waals surface area contributed by atoms with E-state index in [1.54, 1.807) is 4.72 Å². The summed E-state index contributed by atoms with van der Waals surface area (Å²) in [7, 11) is -4.40. The lowest BCUT2D eigenvalue weighted by Gasteiger charge is -2.10. The summed E-state index contributed by atoms with van der Waals surface area (Å²) in [5.41, 5.74) is 0. The van der Waals surface area contributed by atoms with Gasteiger partial charge in [-0.1, -0.05) is 0 Å². The minimum Gasteiger partial charge on any atom is -0.480 e. The van der Waals surface area contributed by atoms with Gasteiger partial charge < -0.3 is 5.11 Å². The number of rotatable bonds is 4. The molecule has 1 aromatic rings. The van der Waals surface area contributed by atoms with Crippen molar-refractivity contribution in [1.82, 2.24) is 4.72 Å². The van der Waals surface area contributed by atoms with E-state index in [1.807, 2.05) is 0 Å². The highest BCUT2D eigenvalue weighted by Crippen LogP contribution is 2.15. The summed E-state index contributed by atoms with van der Waals surface area (Å²) >= 11 is 0. The summed E-state index contributed by atoms with van der Waals surface area (Å²) in [6, 6.07) is 0.443. The van der Waals surface area contributed by atoms with Crippen molar-refractivity contribution in [2.24, 2.45) is 0 Å². The molecule has 0 heterocycles. The number of hydrogen-bond donors (Lipinski definition) is 2. The molecule has 1 aromatic carbocycles. The maximum Gasteiger partial charge on any atom is 0.321 e. The van der Waals surface area contributed by atoms with Gasteiger partial charge in [0, 0.05) is 0 Å². The zero-order chi connectivity index (χ0) is 13.2. The summed E-state index contributed by atoms with van der Waals surface area (Å²) in [6.07, 6.45) is 0. The van der Waals surface area contributed by atoms with Crippen LogP contribution < -0.4 is 4.72 Å². The van der Waals surface area contributed by atoms with Crippen molar-refractivity contribution in [3.63, 3.8) is 0 Å². The Morgan fingerprint density at radius 1 is 1.41 bits per heavy atom. The van der Waals surface area contributed by atoms with Gasteiger partial charge in [-0.05, 0) is 25.1 Å². The first-order valence-electron chi connectivity index (χ1n) is 4.44. The van der Waals surface area contributed by atoms with Crippen molar-refractivity contribution in [2.75, 3.05) is 0 Å². The quantitative estimate of drug-likeness (QED) is 0.840. The first-order chi connectivity index (χ1) is 7.74. The van der Waals surface area contributed by atoms with Crippen LogP contribution in [0, 0.1) is 11.6 Å². The zero-order valence-electron chi connectivity index (χ0n) is 8.65. The van der Waals surface area contributed by atoms with Crippen LogP contribution in [0.2, 0.25) is 0 Å². The van der Waals surface area contributed by atoms with Gasteiger partial charge >= 0.3 is 5.97 Å². The average Bonchev–Trinajstić information content (AvgIpc) is 2.20. The highest BCUT2D eigenvalue weighted by atomic mass is 32.2. The fraction of sp³-hybridized carbons (Fsp3) is 0.222. The second-order valence-corrected chi connectivity index (χ2v) is 4.94. The highest BCUT2D eigenvalue weighted by molar-refractivity contribution is 7.89. The fourth-order valence-electron chi connectivity index (χ4n) is 1.03. The SMILES string of the molecule is CC(NS(=O)(=O)c1cc(F)ccc1F)C(=O)O. The lowest BCUT2D eigenvalue weighted by atomic mass is 10.3. The fourth-order valence-corrected chi connectivity index (χ4v) is 2.32. The van der Waals surface area contributed by atoms with E-state index in [9.17, 15) is 22.0 Å². The number of carbonyl (C=O) groups is 1. The van der Waals surface area contributed by atoms with Crippen LogP contribution in [0.5, 0.6) is 0 Å². The molecule has 0 aliphatic rings. The Morgan fingerprint density at radius 2 is 2.00 bits per heavy atom. The predicted molar refractivity (Wildman–Crippen MR) is 53.8 cm³/mol. The largest absolute Gasteiger partial charge is 0.480 e. The number of nitrogens with one attached hydrogen (secondary N) is 1. The maximum atomic E-state index is 13.2. The van der Waals surface area contributed by atoms with Gasteiger partial charge in [0.05, 0.1) is 0 Å². The van der Waals surface area contributed by atoms with Gasteiger partial charge in [-0.2, -0.15) is 4.72 Å². The van der Waals surface area contributed by atoms with Gasteiger partial charge in [-0.25, -0.2) is 17.2 Å². The molecule has 8 heteroatoms. The first-order valence-corrected chi connectivity index (χ1v) is 5.92. The number of halogens is 2. The lowest BCUT2D eigenvalue weighted by molar-refractivity contribution is -0.138. The van der Waals surface area contributed by atoms with Crippen molar-refractivity contribution in [1.29, 1.82) is 0 Å². The Bertz CT molecular complexity index is 544. The van der Waals surface area contributed by atoms with Gasteiger partial charge in [-0.3, -0.25) is 4.79 Å². The molecular formula is C9H9F2NO4S. The van der Waals surface area contributed by atoms with Crippen LogP contribution in [0.4, 0.5) is 8.78 Å². The molecule has 0 saturated heterocycles. The van der Waals surface area contributed by atoms with Crippen LogP contribution in [0.15, 0.2) is 23.1 Å². The molecule has 0 bridgehead atoms. The number of sulfonamides is 1. The van der Waals surface area contributed by atoms with Crippen LogP contribution in [-0.4, -0.2) is 25.5 Å². The minimum absolute atomic E-state index is 0.478. The molecule has 0 amide bonds. The third kappa shape index (κ3) is 3.21. The third-order valence-electron chi connectivity index (χ3n) is 1.89. The van der Waals surface area contributed by atoms with E-state index in [2.05, 4.69) is 0 Å². The normalized spacial score (nSPS) is 13.4. The van der Waals surface area contributed by atoms with E-state index in [4.69, 9.17) is 5.11 Å². The third-order valence-corrected chi connectivity index (χ3v) is 3.44. The molecule has 0 aliphatic carbocycles. The molecule has 17 heavy (non-hydrogen) atoms. The van der Waals surface area contributed by atoms with Crippen molar-refractivity contribution in [3.8, 4) is 0 Å². The van der Waals surface area contributed by atoms with Crippen LogP contribution >= 0.6 is 0 Å². The molecule has 94 valence electrons. The summed E-state index contributed by atoms with van der Waals surface area (Å²) in [5, 5.41) is 8.52. The van der Waals surface area contributed by atoms with E-state index in [0.29, 0.717) is 12.1 Å². The molecule has 0 fully saturated rings. The monoisotopic (exact) mass is 265 g/mol. The Hall–Kier alpha value is -1.54. The standard InChI is InChI=1S/C9H9F2NO4S/c1-5(9(13)14)12-17(15,16)8-4-6(10)2-3-7(8)11/h2-5,12H,1H3,(H,13,14). The Morgan fingerprint density at radius 3 is 2.53 bits per heavy atom. The molecule has 0 radical (unpaired) electrons. The van der Waals surface area contributed by atoms with Gasteiger partial charge in [0.2, 0.25) is 10.0 Å². The summed E-state index contributed by atoms with van der Waals surface area (Å²) in [4.78, 5) is 9.54. The number of aliphatic carboxylic acids is 1. The Labute approximate surface area is 96.1 Å². The molecule has 1 atom stereocenters. The van der Waals surface area contributed by atoms with Gasteiger partial charge in [0.25, 0.3) is 0 Å². The predicted octanol–water partition coefficient (Wildman–Crippen LogP) is 0.716. The van der Waals surface area contributed by atoms with Crippen molar-refractivity contribution in [2.45, 2.75) is 17.9 Å². The summed E-state index contributed by atoms with van der Waals surface area (Å²) in [5.74, 6) is -3.52. The first kappa shape index (κ1) is 13.5. The second-order valence-electron chi connectivity index (χ2n) is 3.26. The number of carboxylic acids is 1. The van der Waals surface area contributed by atoms with Gasteiger partial charge in [0.15, 0.2) is 0 Å². The van der Waals surface area contributed by atoms with Crippen LogP contribution in [0.25, 0.3) is 0 Å². The van der Waals surface area contributed by atoms with Crippen molar-refractivity contribution < 1.29 is 27.1 Å². The topological polar surface area (TPSA) is 83.5 Å². The average molecular weight is 265 g/mol. The summed E-state index contributed by atoms with van der Waals surface area (Å²) in [6.45, 7) is 1.07. The Kier molecular flexibility index (Phi) is 3.79. The summed E-state index contributed by atoms with van der Waals surface area (Å²) < 4.78 is 50.8. The molecule has 1 rings (SSSR count). The second kappa shape index (κ2) is 4.76. The molecule has 1 unspecified atom stereocenters. The van der Waals surface area contributed by atoms with E-state index in [1.165, 1.54) is 0 Å². The molecule has 0 saturated carbocycles. The molecule has 0 spiro atoms. The highest BCUT2D eigenvalue weighted by Gasteiger charge is 2.24. The lowest BCUT2D eigenvalue weighted by Crippen LogP contribution is -2.38. The van der Waals surface area contributed by atoms with Crippen LogP contribution in [0.3, 0.4) is 0 Å². The molecule has 0 aliphatic heterocycles. The van der Waals surface area contributed by atoms with Gasteiger partial charge in [0.1, 0.15) is 22.6 Å². The Balaban J connectivity index is 3.13. The van der Waals surface area contributed by atoms with Crippen molar-refractivity contribution >= 4 is 16.0 Å². The molecule has 0 aromatic heterocycles. The van der Waals surface area contributed by atoms with Crippen LogP contribution in [0.1, 0.15) is 6.92 Å². The van der Waals surface area contributed by atoms with Crippen molar-refractivity contribution in [3.05, 3.63) is 29.8 Å². The van der Waals surface area contributed by atoms with E-state index in [0.717, 1.165) is 13.0 Å². The number of carboxylic acid groups (broad SMARTS) is 1. The molecule has 2 N–H and O–H groups in total. The van der Waals surface area contributed by atoms with E-state index >= 15 is 0 Å². The number of benzene rings is 1. The smallest absolute Gasteiger partial charge is 0.321 e. The molecule has 5 nitrogen and oxygen atoms in total. The number of hydrogen-bond acceptors (Lipinski definition) is 3. The minimum atomic E-state index is -4.40. The maximum absolute atomic E-state index is 13.2. The van der Waals surface area contributed by atoms with Crippen LogP contribution in [-0.2, 0) is 14.8 Å². The zero-order valence-corrected chi connectivity index (χ0v) is 9.46. The van der Waals surface area contributed by atoms with Gasteiger partial charge in [-0.15, -0.1) is 0 Å².